The van der Waals surface area contributed by atoms with Gasteiger partial charge in [0, 0.05) is 11.0 Å². The van der Waals surface area contributed by atoms with Crippen molar-refractivity contribution in [1.82, 2.24) is 0 Å². The molecule has 0 radical (unpaired) electrons. The Hall–Kier alpha value is -1.68. The van der Waals surface area contributed by atoms with Crippen LogP contribution in [-0.4, -0.2) is 7.11 Å². The van der Waals surface area contributed by atoms with Gasteiger partial charge in [-0.2, -0.15) is 0 Å². The van der Waals surface area contributed by atoms with Crippen molar-refractivity contribution in [1.29, 1.82) is 0 Å². The summed E-state index contributed by atoms with van der Waals surface area (Å²) in [6, 6.07) is 10.8. The van der Waals surface area contributed by atoms with E-state index < -0.39 is 0 Å². The van der Waals surface area contributed by atoms with E-state index in [1.807, 2.05) is 31.2 Å². The van der Waals surface area contributed by atoms with E-state index in [9.17, 15) is 4.39 Å². The van der Waals surface area contributed by atoms with Gasteiger partial charge < -0.3 is 10.5 Å². The van der Waals surface area contributed by atoms with Crippen molar-refractivity contribution in [3.8, 4) is 5.75 Å². The molecule has 0 bridgehead atoms. The summed E-state index contributed by atoms with van der Waals surface area (Å²) in [5.41, 5.74) is 7.07. The Morgan fingerprint density at radius 3 is 2.56 bits per heavy atom. The zero-order valence-corrected chi connectivity index (χ0v) is 11.1. The predicted octanol–water partition coefficient (Wildman–Crippen LogP) is 3.88. The molecule has 4 heteroatoms. The molecule has 0 aromatic heterocycles. The molecule has 0 aliphatic rings. The number of anilines is 1. The lowest BCUT2D eigenvalue weighted by atomic mass is 10.2. The number of rotatable bonds is 3. The van der Waals surface area contributed by atoms with Crippen molar-refractivity contribution < 1.29 is 9.13 Å². The minimum Gasteiger partial charge on any atom is -0.495 e. The Labute approximate surface area is 110 Å². The summed E-state index contributed by atoms with van der Waals surface area (Å²) in [6.07, 6.45) is 0. The molecule has 0 saturated heterocycles. The lowest BCUT2D eigenvalue weighted by Gasteiger charge is -2.10. The quantitative estimate of drug-likeness (QED) is 0.854. The fourth-order valence-electron chi connectivity index (χ4n) is 1.59. The number of hydrogen-bond donors (Lipinski definition) is 1. The first kappa shape index (κ1) is 12.8. The van der Waals surface area contributed by atoms with Gasteiger partial charge in [0.1, 0.15) is 11.6 Å². The third kappa shape index (κ3) is 2.59. The maximum atomic E-state index is 13.8. The lowest BCUT2D eigenvalue weighted by molar-refractivity contribution is 0.414. The van der Waals surface area contributed by atoms with Crippen LogP contribution in [0, 0.1) is 12.7 Å². The summed E-state index contributed by atoms with van der Waals surface area (Å²) < 4.78 is 18.9. The van der Waals surface area contributed by atoms with E-state index in [-0.39, 0.29) is 5.82 Å². The van der Waals surface area contributed by atoms with E-state index in [0.717, 1.165) is 10.5 Å². The molecule has 94 valence electrons. The van der Waals surface area contributed by atoms with E-state index >= 15 is 0 Å². The first-order valence-electron chi connectivity index (χ1n) is 5.48. The fraction of sp³-hybridized carbons (Fsp3) is 0.143. The monoisotopic (exact) mass is 263 g/mol. The summed E-state index contributed by atoms with van der Waals surface area (Å²) in [6.45, 7) is 1.99. The average molecular weight is 263 g/mol. The number of nitrogens with two attached hydrogens (primary N) is 1. The minimum atomic E-state index is -0.332. The van der Waals surface area contributed by atoms with Gasteiger partial charge in [0.2, 0.25) is 0 Å². The first-order valence-corrected chi connectivity index (χ1v) is 6.30. The number of benzene rings is 2. The van der Waals surface area contributed by atoms with Crippen LogP contribution in [0.3, 0.4) is 0 Å². The Balaban J connectivity index is 2.38. The van der Waals surface area contributed by atoms with Crippen LogP contribution < -0.4 is 10.5 Å². The topological polar surface area (TPSA) is 35.2 Å². The van der Waals surface area contributed by atoms with Crippen LogP contribution in [0.2, 0.25) is 0 Å². The summed E-state index contributed by atoms with van der Waals surface area (Å²) in [5, 5.41) is 0. The second-order valence-corrected chi connectivity index (χ2v) is 4.98. The van der Waals surface area contributed by atoms with Gasteiger partial charge in [-0.25, -0.2) is 4.39 Å². The van der Waals surface area contributed by atoms with E-state index in [2.05, 4.69) is 0 Å². The van der Waals surface area contributed by atoms with Crippen molar-refractivity contribution in [3.63, 3.8) is 0 Å². The number of nitrogen functional groups attached to an aromatic ring is 1. The predicted molar refractivity (Wildman–Crippen MR) is 72.7 cm³/mol. The van der Waals surface area contributed by atoms with Gasteiger partial charge in [0.25, 0.3) is 0 Å². The molecule has 2 nitrogen and oxygen atoms in total. The van der Waals surface area contributed by atoms with Crippen molar-refractivity contribution in [3.05, 3.63) is 47.8 Å². The van der Waals surface area contributed by atoms with Crippen molar-refractivity contribution in [2.75, 3.05) is 12.8 Å². The van der Waals surface area contributed by atoms with Gasteiger partial charge in [0.05, 0.1) is 17.7 Å². The van der Waals surface area contributed by atoms with Crippen LogP contribution in [0.15, 0.2) is 46.2 Å². The molecule has 2 N–H and O–H groups in total. The van der Waals surface area contributed by atoms with Gasteiger partial charge >= 0.3 is 0 Å². The molecule has 0 spiro atoms. The number of halogens is 1. The van der Waals surface area contributed by atoms with Crippen LogP contribution in [-0.2, 0) is 0 Å². The third-order valence-corrected chi connectivity index (χ3v) is 3.81. The van der Waals surface area contributed by atoms with Crippen LogP contribution in [0.4, 0.5) is 10.1 Å². The molecule has 0 heterocycles. The summed E-state index contributed by atoms with van der Waals surface area (Å²) in [4.78, 5) is 1.53. The largest absolute Gasteiger partial charge is 0.495 e. The molecule has 0 amide bonds. The normalized spacial score (nSPS) is 10.4. The van der Waals surface area contributed by atoms with Crippen molar-refractivity contribution >= 4 is 17.4 Å². The minimum absolute atomic E-state index is 0.309. The molecule has 0 aliphatic carbocycles. The van der Waals surface area contributed by atoms with Crippen LogP contribution in [0.1, 0.15) is 5.56 Å². The first-order chi connectivity index (χ1) is 8.61. The maximum Gasteiger partial charge on any atom is 0.143 e. The highest BCUT2D eigenvalue weighted by atomic mass is 32.2. The lowest BCUT2D eigenvalue weighted by Crippen LogP contribution is -1.95. The molecular formula is C14H14FNOS. The number of ether oxygens (including phenoxy) is 1. The molecule has 2 aromatic rings. The van der Waals surface area contributed by atoms with E-state index in [1.165, 1.54) is 24.9 Å². The molecule has 18 heavy (non-hydrogen) atoms. The Morgan fingerprint density at radius 1 is 1.17 bits per heavy atom. The van der Waals surface area contributed by atoms with Gasteiger partial charge in [-0.3, -0.25) is 0 Å². The third-order valence-electron chi connectivity index (χ3n) is 2.60. The standard InChI is InChI=1S/C14H14FNOS/c1-9-5-3-4-6-13(9)18-14-8-12(17-2)11(16)7-10(14)15/h3-8H,16H2,1-2H3. The molecule has 0 unspecified atom stereocenters. The molecule has 0 atom stereocenters. The number of methoxy groups -OCH3 is 1. The van der Waals surface area contributed by atoms with Crippen molar-refractivity contribution in [2.24, 2.45) is 0 Å². The SMILES string of the molecule is COc1cc(Sc2ccccc2C)c(F)cc1N. The highest BCUT2D eigenvalue weighted by Gasteiger charge is 2.10. The Morgan fingerprint density at radius 2 is 1.89 bits per heavy atom. The van der Waals surface area contributed by atoms with Crippen LogP contribution in [0.25, 0.3) is 0 Å². The fourth-order valence-corrected chi connectivity index (χ4v) is 2.53. The van der Waals surface area contributed by atoms with Gasteiger partial charge in [-0.1, -0.05) is 30.0 Å². The summed E-state index contributed by atoms with van der Waals surface area (Å²) >= 11 is 1.37. The summed E-state index contributed by atoms with van der Waals surface area (Å²) in [5.74, 6) is 0.161. The molecule has 0 aliphatic heterocycles. The van der Waals surface area contributed by atoms with Crippen LogP contribution in [0.5, 0.6) is 5.75 Å². The molecular weight excluding hydrogens is 249 g/mol. The van der Waals surface area contributed by atoms with E-state index in [4.69, 9.17) is 10.5 Å². The van der Waals surface area contributed by atoms with Gasteiger partial charge in [-0.05, 0) is 24.6 Å². The van der Waals surface area contributed by atoms with Crippen molar-refractivity contribution in [2.45, 2.75) is 16.7 Å². The second kappa shape index (κ2) is 5.31. The highest BCUT2D eigenvalue weighted by Crippen LogP contribution is 2.36. The zero-order chi connectivity index (χ0) is 13.1. The van der Waals surface area contributed by atoms with Gasteiger partial charge in [-0.15, -0.1) is 0 Å². The molecule has 2 rings (SSSR count). The molecule has 2 aromatic carbocycles. The van der Waals surface area contributed by atoms with E-state index in [1.54, 1.807) is 6.07 Å². The average Bonchev–Trinajstić information content (AvgIpc) is 2.35. The molecule has 0 fully saturated rings. The molecule has 0 saturated carbocycles. The number of hydrogen-bond acceptors (Lipinski definition) is 3. The van der Waals surface area contributed by atoms with Crippen LogP contribution >= 0.6 is 11.8 Å². The Kier molecular flexibility index (Phi) is 3.77. The number of aryl methyl sites for hydroxylation is 1. The maximum absolute atomic E-state index is 13.8. The van der Waals surface area contributed by atoms with Gasteiger partial charge in [0.15, 0.2) is 0 Å². The highest BCUT2D eigenvalue weighted by molar-refractivity contribution is 7.99. The summed E-state index contributed by atoms with van der Waals surface area (Å²) in [7, 11) is 1.52. The Bertz CT molecular complexity index is 572. The second-order valence-electron chi connectivity index (χ2n) is 3.89. The zero-order valence-electron chi connectivity index (χ0n) is 10.2. The smallest absolute Gasteiger partial charge is 0.143 e. The van der Waals surface area contributed by atoms with E-state index in [0.29, 0.717) is 16.3 Å².